The average molecular weight is 174 g/mol. The van der Waals surface area contributed by atoms with E-state index in [1.165, 1.54) is 18.2 Å². The summed E-state index contributed by atoms with van der Waals surface area (Å²) in [5.74, 6) is -0.489. The molecule has 1 unspecified atom stereocenters. The summed E-state index contributed by atoms with van der Waals surface area (Å²) in [5.41, 5.74) is 0.123. The van der Waals surface area contributed by atoms with E-state index < -0.39 is 11.9 Å². The van der Waals surface area contributed by atoms with Crippen molar-refractivity contribution < 1.29 is 9.50 Å². The second kappa shape index (κ2) is 3.20. The smallest absolute Gasteiger partial charge is 0.129 e. The molecule has 1 atom stereocenters. The van der Waals surface area contributed by atoms with Crippen molar-refractivity contribution in [3.8, 4) is 0 Å². The van der Waals surface area contributed by atoms with Gasteiger partial charge in [0, 0.05) is 10.6 Å². The maximum Gasteiger partial charge on any atom is 0.129 e. The third-order valence-corrected chi connectivity index (χ3v) is 1.55. The number of halogens is 2. The molecule has 1 radical (unpaired) electrons. The summed E-state index contributed by atoms with van der Waals surface area (Å²) in [6.45, 7) is 3.27. The van der Waals surface area contributed by atoms with Crippen LogP contribution in [0.15, 0.2) is 18.2 Å². The molecule has 0 aliphatic rings. The Bertz CT molecular complexity index is 260. The molecule has 59 valence electrons. The van der Waals surface area contributed by atoms with Gasteiger partial charge in [0.15, 0.2) is 0 Å². The Hall–Kier alpha value is -0.600. The van der Waals surface area contributed by atoms with E-state index in [0.717, 1.165) is 0 Å². The van der Waals surface area contributed by atoms with Crippen LogP contribution in [0.1, 0.15) is 11.7 Å². The van der Waals surface area contributed by atoms with Crippen molar-refractivity contribution in [1.82, 2.24) is 0 Å². The lowest BCUT2D eigenvalue weighted by Crippen LogP contribution is -1.95. The second-order valence-electron chi connectivity index (χ2n) is 2.18. The van der Waals surface area contributed by atoms with E-state index in [-0.39, 0.29) is 5.56 Å². The predicted molar refractivity (Wildman–Crippen MR) is 41.7 cm³/mol. The van der Waals surface area contributed by atoms with E-state index in [9.17, 15) is 4.39 Å². The first-order chi connectivity index (χ1) is 5.11. The Morgan fingerprint density at radius 3 is 2.64 bits per heavy atom. The Morgan fingerprint density at radius 2 is 2.18 bits per heavy atom. The standard InChI is InChI=1S/C8H7ClFO/c1-5(11)7-4-6(9)2-3-8(7)10/h2-5,11H,1H2. The molecule has 0 fully saturated rings. The van der Waals surface area contributed by atoms with Gasteiger partial charge in [0.2, 0.25) is 0 Å². The number of hydrogen-bond acceptors (Lipinski definition) is 1. The first-order valence-electron chi connectivity index (χ1n) is 3.07. The molecule has 0 amide bonds. The van der Waals surface area contributed by atoms with Gasteiger partial charge in [-0.05, 0) is 25.1 Å². The SMILES string of the molecule is [CH2]C(O)c1cc(Cl)ccc1F. The summed E-state index contributed by atoms with van der Waals surface area (Å²) in [6.07, 6.45) is -1.06. The minimum absolute atomic E-state index is 0.123. The summed E-state index contributed by atoms with van der Waals surface area (Å²) in [7, 11) is 0. The normalized spacial score (nSPS) is 13.1. The van der Waals surface area contributed by atoms with E-state index in [1.54, 1.807) is 0 Å². The van der Waals surface area contributed by atoms with Gasteiger partial charge in [-0.25, -0.2) is 4.39 Å². The van der Waals surface area contributed by atoms with Crippen molar-refractivity contribution in [2.75, 3.05) is 0 Å². The molecular formula is C8H7ClFO. The third kappa shape index (κ3) is 1.91. The highest BCUT2D eigenvalue weighted by Crippen LogP contribution is 2.20. The van der Waals surface area contributed by atoms with Gasteiger partial charge >= 0.3 is 0 Å². The van der Waals surface area contributed by atoms with Crippen LogP contribution in [0.25, 0.3) is 0 Å². The first-order valence-corrected chi connectivity index (χ1v) is 3.45. The van der Waals surface area contributed by atoms with Crippen molar-refractivity contribution >= 4 is 11.6 Å². The molecule has 1 aromatic rings. The number of benzene rings is 1. The molecule has 0 aliphatic carbocycles. The Labute approximate surface area is 69.4 Å². The van der Waals surface area contributed by atoms with Crippen LogP contribution < -0.4 is 0 Å². The van der Waals surface area contributed by atoms with Crippen LogP contribution >= 0.6 is 11.6 Å². The van der Waals surface area contributed by atoms with Gasteiger partial charge in [-0.1, -0.05) is 11.6 Å². The van der Waals surface area contributed by atoms with E-state index >= 15 is 0 Å². The van der Waals surface area contributed by atoms with Crippen LogP contribution in [0.2, 0.25) is 5.02 Å². The predicted octanol–water partition coefficient (Wildman–Crippen LogP) is 2.35. The molecule has 0 saturated heterocycles. The summed E-state index contributed by atoms with van der Waals surface area (Å²) >= 11 is 5.56. The van der Waals surface area contributed by atoms with Crippen LogP contribution in [0, 0.1) is 12.7 Å². The third-order valence-electron chi connectivity index (χ3n) is 1.32. The Balaban J connectivity index is 3.13. The summed E-state index contributed by atoms with van der Waals surface area (Å²) in [5, 5.41) is 9.31. The highest BCUT2D eigenvalue weighted by atomic mass is 35.5. The summed E-state index contributed by atoms with van der Waals surface area (Å²) in [4.78, 5) is 0. The first kappa shape index (κ1) is 8.50. The van der Waals surface area contributed by atoms with Crippen molar-refractivity contribution in [2.24, 2.45) is 0 Å². The van der Waals surface area contributed by atoms with Gasteiger partial charge in [0.05, 0.1) is 6.10 Å². The fourth-order valence-corrected chi connectivity index (χ4v) is 0.951. The number of hydrogen-bond donors (Lipinski definition) is 1. The quantitative estimate of drug-likeness (QED) is 0.691. The minimum Gasteiger partial charge on any atom is -0.388 e. The molecule has 0 aliphatic heterocycles. The van der Waals surface area contributed by atoms with Gasteiger partial charge in [-0.2, -0.15) is 0 Å². The van der Waals surface area contributed by atoms with Gasteiger partial charge in [-0.15, -0.1) is 0 Å². The van der Waals surface area contributed by atoms with Crippen LogP contribution in [-0.2, 0) is 0 Å². The van der Waals surface area contributed by atoms with Crippen molar-refractivity contribution in [1.29, 1.82) is 0 Å². The lowest BCUT2D eigenvalue weighted by Gasteiger charge is -2.05. The summed E-state index contributed by atoms with van der Waals surface area (Å²) < 4.78 is 12.8. The molecule has 11 heavy (non-hydrogen) atoms. The highest BCUT2D eigenvalue weighted by Gasteiger charge is 2.07. The van der Waals surface area contributed by atoms with Crippen molar-refractivity contribution in [3.63, 3.8) is 0 Å². The molecule has 0 aromatic heterocycles. The molecule has 1 N–H and O–H groups in total. The van der Waals surface area contributed by atoms with Crippen LogP contribution in [-0.4, -0.2) is 5.11 Å². The number of aliphatic hydroxyl groups is 1. The van der Waals surface area contributed by atoms with Crippen LogP contribution in [0.3, 0.4) is 0 Å². The zero-order valence-electron chi connectivity index (χ0n) is 5.72. The zero-order valence-corrected chi connectivity index (χ0v) is 6.48. The van der Waals surface area contributed by atoms with Gasteiger partial charge in [0.25, 0.3) is 0 Å². The largest absolute Gasteiger partial charge is 0.388 e. The molecule has 0 saturated carbocycles. The minimum atomic E-state index is -1.06. The lowest BCUT2D eigenvalue weighted by atomic mass is 10.1. The van der Waals surface area contributed by atoms with Gasteiger partial charge < -0.3 is 5.11 Å². The molecule has 1 aromatic carbocycles. The van der Waals surface area contributed by atoms with Gasteiger partial charge in [0.1, 0.15) is 5.82 Å². The number of rotatable bonds is 1. The Morgan fingerprint density at radius 1 is 1.55 bits per heavy atom. The fraction of sp³-hybridized carbons (Fsp3) is 0.125. The monoisotopic (exact) mass is 173 g/mol. The van der Waals surface area contributed by atoms with Crippen molar-refractivity contribution in [3.05, 3.63) is 41.5 Å². The van der Waals surface area contributed by atoms with Crippen LogP contribution in [0.4, 0.5) is 4.39 Å². The van der Waals surface area contributed by atoms with Crippen LogP contribution in [0.5, 0.6) is 0 Å². The van der Waals surface area contributed by atoms with E-state index in [1.807, 2.05) is 0 Å². The molecule has 0 heterocycles. The van der Waals surface area contributed by atoms with E-state index in [4.69, 9.17) is 16.7 Å². The molecule has 3 heteroatoms. The second-order valence-corrected chi connectivity index (χ2v) is 2.62. The van der Waals surface area contributed by atoms with Gasteiger partial charge in [-0.3, -0.25) is 0 Å². The maximum atomic E-state index is 12.8. The zero-order chi connectivity index (χ0) is 8.43. The summed E-state index contributed by atoms with van der Waals surface area (Å²) in [6, 6.07) is 3.98. The topological polar surface area (TPSA) is 20.2 Å². The van der Waals surface area contributed by atoms with E-state index in [2.05, 4.69) is 6.92 Å². The molecule has 0 bridgehead atoms. The maximum absolute atomic E-state index is 12.8. The molecule has 1 rings (SSSR count). The number of aliphatic hydroxyl groups excluding tert-OH is 1. The molecule has 1 nitrogen and oxygen atoms in total. The Kier molecular flexibility index (Phi) is 2.47. The molecular weight excluding hydrogens is 167 g/mol. The van der Waals surface area contributed by atoms with E-state index in [0.29, 0.717) is 5.02 Å². The van der Waals surface area contributed by atoms with Crippen molar-refractivity contribution in [2.45, 2.75) is 6.10 Å². The lowest BCUT2D eigenvalue weighted by molar-refractivity contribution is 0.220. The highest BCUT2D eigenvalue weighted by molar-refractivity contribution is 6.30. The average Bonchev–Trinajstić information content (AvgIpc) is 1.94. The molecule has 0 spiro atoms. The fourth-order valence-electron chi connectivity index (χ4n) is 0.770.